The minimum atomic E-state index is -0.692. The Morgan fingerprint density at radius 3 is 2.48 bits per heavy atom. The summed E-state index contributed by atoms with van der Waals surface area (Å²) in [5.74, 6) is -0.387. The van der Waals surface area contributed by atoms with Crippen LogP contribution in [0, 0.1) is 11.3 Å². The third kappa shape index (κ3) is 2.56. The fourth-order valence-electron chi connectivity index (χ4n) is 2.37. The highest BCUT2D eigenvalue weighted by atomic mass is 35.5. The number of nitrogens with two attached hydrogens (primary N) is 1. The van der Waals surface area contributed by atoms with Crippen LogP contribution in [0.1, 0.15) is 32.8 Å². The van der Waals surface area contributed by atoms with Crippen molar-refractivity contribution in [3.05, 3.63) is 28.8 Å². The molecule has 4 nitrogen and oxygen atoms in total. The highest BCUT2D eigenvalue weighted by molar-refractivity contribution is 7.80. The van der Waals surface area contributed by atoms with Crippen LogP contribution in [0.2, 0.25) is 5.02 Å². The van der Waals surface area contributed by atoms with Gasteiger partial charge >= 0.3 is 0 Å². The normalized spacial score (nSPS) is 22.2. The monoisotopic (exact) mass is 324 g/mol. The molecule has 1 unspecified atom stereocenters. The first-order valence-electron chi connectivity index (χ1n) is 6.65. The molecule has 2 N–H and O–H groups in total. The smallest absolute Gasteiger partial charge is 0.240 e. The van der Waals surface area contributed by atoms with E-state index in [4.69, 9.17) is 29.6 Å². The lowest BCUT2D eigenvalue weighted by molar-refractivity contribution is -0.126. The third-order valence-electron chi connectivity index (χ3n) is 4.21. The zero-order valence-corrected chi connectivity index (χ0v) is 13.7. The fourth-order valence-corrected chi connectivity index (χ4v) is 2.77. The van der Waals surface area contributed by atoms with Gasteiger partial charge in [-0.25, -0.2) is 4.90 Å². The van der Waals surface area contributed by atoms with Gasteiger partial charge in [-0.1, -0.05) is 37.7 Å². The van der Waals surface area contributed by atoms with E-state index in [-0.39, 0.29) is 34.2 Å². The first kappa shape index (κ1) is 15.9. The van der Waals surface area contributed by atoms with Crippen molar-refractivity contribution < 1.29 is 9.59 Å². The molecule has 1 aromatic carbocycles. The third-order valence-corrected chi connectivity index (χ3v) is 4.75. The van der Waals surface area contributed by atoms with Crippen LogP contribution in [0.5, 0.6) is 0 Å². The first-order valence-corrected chi connectivity index (χ1v) is 7.44. The number of carbonyl (C=O) groups is 2. The molecule has 2 amide bonds. The summed E-state index contributed by atoms with van der Waals surface area (Å²) in [6.45, 7) is 5.69. The van der Waals surface area contributed by atoms with Crippen LogP contribution in [-0.2, 0) is 9.59 Å². The topological polar surface area (TPSA) is 63.4 Å². The molecule has 1 atom stereocenters. The van der Waals surface area contributed by atoms with Crippen molar-refractivity contribution >= 4 is 46.3 Å². The Hall–Kier alpha value is -1.46. The zero-order valence-electron chi connectivity index (χ0n) is 12.1. The SMILES string of the molecule is CC(C)C1(C)CC(=O)N(c2ccc(C(N)=S)cc2Cl)C1=O. The lowest BCUT2D eigenvalue weighted by atomic mass is 9.78. The highest BCUT2D eigenvalue weighted by Crippen LogP contribution is 2.42. The van der Waals surface area contributed by atoms with Gasteiger partial charge < -0.3 is 5.73 Å². The maximum Gasteiger partial charge on any atom is 0.240 e. The second-order valence-electron chi connectivity index (χ2n) is 5.81. The average Bonchev–Trinajstić information content (AvgIpc) is 2.62. The number of rotatable bonds is 3. The van der Waals surface area contributed by atoms with Gasteiger partial charge in [-0.05, 0) is 31.0 Å². The largest absolute Gasteiger partial charge is 0.389 e. The zero-order chi connectivity index (χ0) is 15.9. The van der Waals surface area contributed by atoms with Crippen LogP contribution in [0.4, 0.5) is 5.69 Å². The number of hydrogen-bond acceptors (Lipinski definition) is 3. The summed E-state index contributed by atoms with van der Waals surface area (Å²) in [5.41, 5.74) is 5.84. The molecule has 1 saturated heterocycles. The molecule has 1 aromatic rings. The van der Waals surface area contributed by atoms with E-state index in [9.17, 15) is 9.59 Å². The average molecular weight is 325 g/mol. The van der Waals surface area contributed by atoms with Gasteiger partial charge in [-0.15, -0.1) is 0 Å². The van der Waals surface area contributed by atoms with Gasteiger partial charge in [-0.3, -0.25) is 9.59 Å². The van der Waals surface area contributed by atoms with Crippen LogP contribution >= 0.6 is 23.8 Å². The second kappa shape index (κ2) is 5.39. The van der Waals surface area contributed by atoms with Crippen molar-refractivity contribution in [2.24, 2.45) is 17.1 Å². The van der Waals surface area contributed by atoms with Crippen molar-refractivity contribution in [3.63, 3.8) is 0 Å². The number of carbonyl (C=O) groups excluding carboxylic acids is 2. The standard InChI is InChI=1S/C15H17ClN2O2S/c1-8(2)15(3)7-12(19)18(14(15)20)11-5-4-9(13(17)21)6-10(11)16/h4-6,8H,7H2,1-3H3,(H2,17,21). The molecular weight excluding hydrogens is 308 g/mol. The van der Waals surface area contributed by atoms with Crippen LogP contribution in [0.25, 0.3) is 0 Å². The molecule has 1 aliphatic heterocycles. The van der Waals surface area contributed by atoms with Gasteiger partial charge in [0, 0.05) is 12.0 Å². The lowest BCUT2D eigenvalue weighted by Crippen LogP contribution is -2.37. The number of imide groups is 1. The van der Waals surface area contributed by atoms with Gasteiger partial charge in [0.05, 0.1) is 16.1 Å². The van der Waals surface area contributed by atoms with Crippen LogP contribution < -0.4 is 10.6 Å². The number of nitrogens with zero attached hydrogens (tertiary/aromatic N) is 1. The molecule has 6 heteroatoms. The van der Waals surface area contributed by atoms with E-state index in [0.29, 0.717) is 11.3 Å². The number of anilines is 1. The maximum atomic E-state index is 12.6. The van der Waals surface area contributed by atoms with E-state index < -0.39 is 5.41 Å². The molecule has 112 valence electrons. The summed E-state index contributed by atoms with van der Waals surface area (Å²) in [7, 11) is 0. The fraction of sp³-hybridized carbons (Fsp3) is 0.400. The summed E-state index contributed by atoms with van der Waals surface area (Å²) < 4.78 is 0. The van der Waals surface area contributed by atoms with E-state index in [1.807, 2.05) is 20.8 Å². The van der Waals surface area contributed by atoms with Crippen LogP contribution in [0.15, 0.2) is 18.2 Å². The molecule has 0 spiro atoms. The molecule has 1 aliphatic rings. The number of thiocarbonyl (C=S) groups is 1. The molecule has 21 heavy (non-hydrogen) atoms. The molecule has 0 radical (unpaired) electrons. The number of hydrogen-bond donors (Lipinski definition) is 1. The van der Waals surface area contributed by atoms with Crippen molar-refractivity contribution in [2.75, 3.05) is 4.90 Å². The van der Waals surface area contributed by atoms with Gasteiger partial charge in [0.1, 0.15) is 4.99 Å². The van der Waals surface area contributed by atoms with E-state index in [1.54, 1.807) is 18.2 Å². The molecule has 0 aromatic heterocycles. The minimum absolute atomic E-state index is 0.0635. The quantitative estimate of drug-likeness (QED) is 0.686. The van der Waals surface area contributed by atoms with Crippen LogP contribution in [0.3, 0.4) is 0 Å². The van der Waals surface area contributed by atoms with Gasteiger partial charge in [0.2, 0.25) is 11.8 Å². The van der Waals surface area contributed by atoms with Crippen molar-refractivity contribution in [3.8, 4) is 0 Å². The molecular formula is C15H17ClN2O2S. The Bertz CT molecular complexity index is 645. The molecule has 1 fully saturated rings. The van der Waals surface area contributed by atoms with Crippen molar-refractivity contribution in [2.45, 2.75) is 27.2 Å². The molecule has 0 aliphatic carbocycles. The van der Waals surface area contributed by atoms with Gasteiger partial charge in [0.15, 0.2) is 0 Å². The Morgan fingerprint density at radius 1 is 1.43 bits per heavy atom. The maximum absolute atomic E-state index is 12.6. The molecule has 2 rings (SSSR count). The second-order valence-corrected chi connectivity index (χ2v) is 6.66. The van der Waals surface area contributed by atoms with E-state index in [1.165, 1.54) is 4.90 Å². The Labute approximate surface area is 134 Å². The van der Waals surface area contributed by atoms with E-state index in [0.717, 1.165) is 0 Å². The Balaban J connectivity index is 2.46. The first-order chi connectivity index (χ1) is 9.68. The number of amides is 2. The molecule has 1 heterocycles. The number of halogens is 1. The Kier molecular flexibility index (Phi) is 4.08. The molecule has 0 bridgehead atoms. The minimum Gasteiger partial charge on any atom is -0.389 e. The van der Waals surface area contributed by atoms with Crippen molar-refractivity contribution in [1.82, 2.24) is 0 Å². The van der Waals surface area contributed by atoms with Gasteiger partial charge in [0.25, 0.3) is 0 Å². The predicted octanol–water partition coefficient (Wildman–Crippen LogP) is 2.90. The van der Waals surface area contributed by atoms with Crippen molar-refractivity contribution in [1.29, 1.82) is 0 Å². The lowest BCUT2D eigenvalue weighted by Gasteiger charge is -2.26. The number of benzene rings is 1. The summed E-state index contributed by atoms with van der Waals surface area (Å²) in [6, 6.07) is 4.85. The summed E-state index contributed by atoms with van der Waals surface area (Å²) in [5, 5.41) is 0.287. The van der Waals surface area contributed by atoms with E-state index in [2.05, 4.69) is 0 Å². The predicted molar refractivity (Wildman–Crippen MR) is 87.4 cm³/mol. The molecule has 0 saturated carbocycles. The van der Waals surface area contributed by atoms with Gasteiger partial charge in [-0.2, -0.15) is 0 Å². The Morgan fingerprint density at radius 2 is 2.05 bits per heavy atom. The summed E-state index contributed by atoms with van der Waals surface area (Å²) >= 11 is 11.1. The van der Waals surface area contributed by atoms with Crippen LogP contribution in [-0.4, -0.2) is 16.8 Å². The summed E-state index contributed by atoms with van der Waals surface area (Å²) in [6.07, 6.45) is 0.191. The van der Waals surface area contributed by atoms with E-state index >= 15 is 0 Å². The summed E-state index contributed by atoms with van der Waals surface area (Å²) in [4.78, 5) is 26.3. The highest BCUT2D eigenvalue weighted by Gasteiger charge is 2.50.